The minimum absolute atomic E-state index is 0.0687. The van der Waals surface area contributed by atoms with Gasteiger partial charge in [-0.1, -0.05) is 102 Å². The van der Waals surface area contributed by atoms with E-state index in [2.05, 4.69) is 115 Å². The highest BCUT2D eigenvalue weighted by Gasteiger charge is 2.33. The lowest BCUT2D eigenvalue weighted by molar-refractivity contribution is 0.209. The quantitative estimate of drug-likeness (QED) is 0.0431. The summed E-state index contributed by atoms with van der Waals surface area (Å²) in [4.78, 5) is 18.8. The molecule has 5 aliphatic heterocycles. The Hall–Kier alpha value is -11.2. The lowest BCUT2D eigenvalue weighted by atomic mass is 10.1. The van der Waals surface area contributed by atoms with Gasteiger partial charge in [0.05, 0.1) is 68.8 Å². The predicted octanol–water partition coefficient (Wildman–Crippen LogP) is 14.5. The maximum Gasteiger partial charge on any atom is 0.156 e. The van der Waals surface area contributed by atoms with Crippen LogP contribution in [0.4, 0.5) is 63.6 Å². The van der Waals surface area contributed by atoms with Crippen LogP contribution in [0.5, 0.6) is 0 Å². The lowest BCUT2D eigenvalue weighted by Crippen LogP contribution is -2.48. The van der Waals surface area contributed by atoms with E-state index in [1.54, 1.807) is 20.0 Å². The van der Waals surface area contributed by atoms with Crippen LogP contribution in [0.2, 0.25) is 0 Å². The molecule has 1 saturated carbocycles. The first-order valence-electron chi connectivity index (χ1n) is 46.3. The van der Waals surface area contributed by atoms with E-state index in [4.69, 9.17) is 0 Å². The third-order valence-corrected chi connectivity index (χ3v) is 33.8. The van der Waals surface area contributed by atoms with Crippen LogP contribution in [-0.2, 0) is 62.4 Å². The van der Waals surface area contributed by atoms with Crippen molar-refractivity contribution in [1.29, 1.82) is 0 Å². The Labute approximate surface area is 802 Å². The van der Waals surface area contributed by atoms with E-state index >= 15 is 17.6 Å². The van der Waals surface area contributed by atoms with Crippen molar-refractivity contribution in [2.75, 3.05) is 156 Å². The number of sulfone groups is 4. The molecule has 5 fully saturated rings. The van der Waals surface area contributed by atoms with Crippen LogP contribution in [0.3, 0.4) is 0 Å². The van der Waals surface area contributed by atoms with Gasteiger partial charge in [-0.05, 0) is 167 Å². The number of hydrazine groups is 2. The number of benzene rings is 8. The van der Waals surface area contributed by atoms with Crippen molar-refractivity contribution < 1.29 is 68.8 Å². The van der Waals surface area contributed by atoms with Gasteiger partial charge in [0, 0.05) is 191 Å². The van der Waals surface area contributed by atoms with E-state index in [1.807, 2.05) is 91.0 Å². The Morgan fingerprint density at radius 3 is 1.01 bits per heavy atom. The maximum atomic E-state index is 15.2. The first kappa shape index (κ1) is 103. The standard InChI is InChI=1S/C26H31F2N5O2S.C25H31F2N5O2S.C24H29F2N5O2S.C23H29F2N5O2S/c1-18(2)36(34,35)17-21-8-9-23(27)26(25(21)28)33-16-24(29-30-33)20-4-3-5-22(14-20)32-12-10-31(11-13-32)15-19-6-7-19;1-17(2)30-10-12-31(13-11-30)21-7-5-6-19(14-21)23-15-32(29-28-23)25-22(26)9-8-20(24(25)27)16-35(33,34)18(3)4;1-17(2)15-34(32,33)16-19-7-8-21(25)24(23(19)26)31-14-22(27-28-31)18-5-4-6-20(13-18)30-11-9-29(3)10-12-30;1-16(2)33(31,32)15-18-7-8-20(24)23(22(18)25)30-14-21(26-27-30)17-5-4-6-19(13-17)29-11-9-28(3)10-12-29/h3-5,8-9,14,16,18-19H,6-7,10-13,15,17H2,1-2H3;5-9,14-15,17-18H,10-13,16H2,1-4H3;4-8,13-14,17H,9-12,15-16H2,1-3H3;4-8,13-14,16,26-27H,9-12,15H2,1-3H3. The zero-order valence-electron chi connectivity index (χ0n) is 79.6. The topological polar surface area (TPSA) is 282 Å². The number of aromatic nitrogens is 9. The third kappa shape index (κ3) is 25.3. The van der Waals surface area contributed by atoms with Crippen molar-refractivity contribution >= 4 is 73.5 Å². The molecule has 0 bridgehead atoms. The van der Waals surface area contributed by atoms with Crippen LogP contribution >= 0.6 is 0 Å². The second kappa shape index (κ2) is 44.1. The zero-order chi connectivity index (χ0) is 99.0. The van der Waals surface area contributed by atoms with Gasteiger partial charge in [0.1, 0.15) is 39.8 Å². The smallest absolute Gasteiger partial charge is 0.156 e. The molecule has 138 heavy (non-hydrogen) atoms. The van der Waals surface area contributed by atoms with Gasteiger partial charge < -0.3 is 34.8 Å². The van der Waals surface area contributed by atoms with Crippen molar-refractivity contribution in [3.05, 3.63) is 245 Å². The van der Waals surface area contributed by atoms with Crippen LogP contribution in [0.1, 0.15) is 110 Å². The second-order valence-electron chi connectivity index (χ2n) is 37.4. The maximum absolute atomic E-state index is 15.2. The first-order chi connectivity index (χ1) is 65.6. The van der Waals surface area contributed by atoms with Crippen LogP contribution in [0.25, 0.3) is 56.5 Å². The molecule has 4 saturated heterocycles. The molecule has 3 aromatic heterocycles. The van der Waals surface area contributed by atoms with E-state index < -0.39 is 142 Å². The minimum Gasteiger partial charge on any atom is -0.369 e. The highest BCUT2D eigenvalue weighted by molar-refractivity contribution is 7.91. The van der Waals surface area contributed by atoms with Crippen LogP contribution in [0, 0.1) is 58.4 Å². The average molecular weight is 1990 g/mol. The molecule has 0 spiro atoms. The molecular formula is C98H120F8N20O8S4. The first-order valence-corrected chi connectivity index (χ1v) is 53.3. The molecule has 11 aromatic rings. The molecular weight excluding hydrogens is 1870 g/mol. The summed E-state index contributed by atoms with van der Waals surface area (Å²) < 4.78 is 221. The van der Waals surface area contributed by atoms with Gasteiger partial charge in [-0.15, -0.1) is 20.8 Å². The average Bonchev–Trinajstić information content (AvgIpc) is 1.53. The summed E-state index contributed by atoms with van der Waals surface area (Å²) in [5.41, 5.74) is 13.2. The van der Waals surface area contributed by atoms with Gasteiger partial charge in [0.15, 0.2) is 85.9 Å². The largest absolute Gasteiger partial charge is 0.369 e. The fraction of sp³-hybridized carbons (Fsp3) is 0.429. The normalized spacial score (nSPS) is 16.3. The van der Waals surface area contributed by atoms with Gasteiger partial charge in [-0.2, -0.15) is 0 Å². The van der Waals surface area contributed by atoms with Gasteiger partial charge in [-0.25, -0.2) is 82.8 Å². The third-order valence-electron chi connectivity index (χ3n) is 25.4. The summed E-state index contributed by atoms with van der Waals surface area (Å²) >= 11 is 0. The number of nitrogens with one attached hydrogen (secondary N) is 2. The molecule has 8 heterocycles. The van der Waals surface area contributed by atoms with E-state index in [0.29, 0.717) is 28.8 Å². The molecule has 740 valence electrons. The Morgan fingerprint density at radius 1 is 0.370 bits per heavy atom. The van der Waals surface area contributed by atoms with Crippen molar-refractivity contribution in [3.63, 3.8) is 0 Å². The summed E-state index contributed by atoms with van der Waals surface area (Å²) in [6, 6.07) is 41.0. The van der Waals surface area contributed by atoms with Crippen molar-refractivity contribution in [2.24, 2.45) is 11.8 Å². The molecule has 1 aliphatic carbocycles. The predicted molar refractivity (Wildman–Crippen MR) is 525 cm³/mol. The van der Waals surface area contributed by atoms with E-state index in [9.17, 15) is 51.2 Å². The van der Waals surface area contributed by atoms with E-state index in [0.717, 1.165) is 200 Å². The SMILES string of the molecule is CC(C)CS(=O)(=O)Cc1ccc(F)c(-n2cc(-c3cccc(N4CCN(C)CC4)c3)nn2)c1F.CC(C)N1CCN(c2cccc(-c3cn(-c4c(F)ccc(CS(=O)(=O)C(C)C)c4F)nn3)c2)CC1.CC(C)S(=O)(=O)Cc1ccc(F)c(-n2cc(-c3cccc(N4CCN(CC5CC5)CC4)c3)nn2)c1F.CC(C)S(=O)(=O)Cc1ccc(F)c(N2C=C(c3cccc(N4CCN(C)CC4)c3)NN2)c1F. The van der Waals surface area contributed by atoms with Gasteiger partial charge >= 0.3 is 0 Å². The molecule has 0 atom stereocenters. The molecule has 0 amide bonds. The number of piperazine rings is 4. The van der Waals surface area contributed by atoms with Crippen LogP contribution < -0.4 is 35.6 Å². The molecule has 28 nitrogen and oxygen atoms in total. The lowest BCUT2D eigenvalue weighted by Gasteiger charge is -2.38. The molecule has 0 unspecified atom stereocenters. The summed E-state index contributed by atoms with van der Waals surface area (Å²) in [5, 5.41) is 23.5. The van der Waals surface area contributed by atoms with Crippen LogP contribution in [-0.4, -0.2) is 251 Å². The molecule has 40 heteroatoms. The Balaban J connectivity index is 0.000000147. The molecule has 6 aliphatic rings. The molecule has 0 radical (unpaired) electrons. The van der Waals surface area contributed by atoms with Gasteiger partial charge in [0.2, 0.25) is 0 Å². The van der Waals surface area contributed by atoms with Gasteiger partial charge in [0.25, 0.3) is 0 Å². The number of hydrogen-bond acceptors (Lipinski definition) is 25. The molecule has 17 rings (SSSR count). The summed E-state index contributed by atoms with van der Waals surface area (Å²) in [5.74, 6) is -8.38. The summed E-state index contributed by atoms with van der Waals surface area (Å²) in [6.07, 6.45) is 8.66. The minimum atomic E-state index is -3.56. The van der Waals surface area contributed by atoms with E-state index in [1.165, 1.54) is 103 Å². The summed E-state index contributed by atoms with van der Waals surface area (Å²) in [6.45, 7) is 33.7. The number of rotatable bonds is 28. The molecule has 8 aromatic carbocycles. The second-order valence-corrected chi connectivity index (χ2v) is 47.2. The van der Waals surface area contributed by atoms with Crippen molar-refractivity contribution in [2.45, 2.75) is 127 Å². The van der Waals surface area contributed by atoms with E-state index in [-0.39, 0.29) is 39.6 Å². The number of halogens is 8. The number of nitrogens with zero attached hydrogens (tertiary/aromatic N) is 18. The number of anilines is 5. The monoisotopic (exact) mass is 1980 g/mol. The Morgan fingerprint density at radius 2 is 0.681 bits per heavy atom. The summed E-state index contributed by atoms with van der Waals surface area (Å²) in [7, 11) is -10.0. The molecule has 2 N–H and O–H groups in total. The van der Waals surface area contributed by atoms with Crippen LogP contribution in [0.15, 0.2) is 170 Å². The number of hydrogen-bond donors (Lipinski definition) is 2. The Bertz CT molecular complexity index is 6650. The Kier molecular flexibility index (Phi) is 32.8. The van der Waals surface area contributed by atoms with Gasteiger partial charge in [-0.3, -0.25) is 14.8 Å². The number of likely N-dealkylation sites (N-methyl/N-ethyl adjacent to an activating group) is 2. The van der Waals surface area contributed by atoms with Crippen molar-refractivity contribution in [3.8, 4) is 50.8 Å². The highest BCUT2D eigenvalue weighted by Crippen LogP contribution is 2.37. The zero-order valence-corrected chi connectivity index (χ0v) is 82.8. The fourth-order valence-electron chi connectivity index (χ4n) is 16.6. The highest BCUT2D eigenvalue weighted by atomic mass is 32.2. The van der Waals surface area contributed by atoms with Crippen molar-refractivity contribution in [1.82, 2.24) is 75.5 Å². The fourth-order valence-corrected chi connectivity index (χ4v) is 21.4.